The molecule has 0 saturated carbocycles. The highest BCUT2D eigenvalue weighted by Crippen LogP contribution is 2.40. The quantitative estimate of drug-likeness (QED) is 0.166. The Labute approximate surface area is 229 Å². The molecule has 0 aliphatic carbocycles. The molecule has 3 aromatic carbocycles. The maximum Gasteiger partial charge on any atom is 0.344 e. The third-order valence-electron chi connectivity index (χ3n) is 6.70. The first-order valence-corrected chi connectivity index (χ1v) is 12.5. The molecule has 3 rings (SSSR count). The van der Waals surface area contributed by atoms with Crippen LogP contribution < -0.4 is 14.2 Å². The lowest BCUT2D eigenvalue weighted by Gasteiger charge is -2.22. The molecule has 0 spiro atoms. The van der Waals surface area contributed by atoms with Crippen molar-refractivity contribution in [3.05, 3.63) is 86.5 Å². The van der Waals surface area contributed by atoms with Crippen molar-refractivity contribution in [1.29, 1.82) is 0 Å². The summed E-state index contributed by atoms with van der Waals surface area (Å²) in [6.45, 7) is 11.0. The second kappa shape index (κ2) is 13.3. The third-order valence-corrected chi connectivity index (χ3v) is 6.70. The number of benzene rings is 3. The third kappa shape index (κ3) is 6.58. The zero-order valence-corrected chi connectivity index (χ0v) is 23.9. The second-order valence-electron chi connectivity index (χ2n) is 9.28. The number of rotatable bonds is 11. The van der Waals surface area contributed by atoms with Crippen molar-refractivity contribution >= 4 is 11.9 Å². The molecule has 0 N–H and O–H groups in total. The molecule has 0 atom stereocenters. The normalized spacial score (nSPS) is 10.8. The monoisotopic (exact) mass is 536 g/mol. The Kier molecular flexibility index (Phi) is 10.1. The summed E-state index contributed by atoms with van der Waals surface area (Å²) in [6, 6.07) is 11.7. The van der Waals surface area contributed by atoms with E-state index < -0.39 is 11.9 Å². The molecule has 0 saturated heterocycles. The first-order chi connectivity index (χ1) is 18.6. The van der Waals surface area contributed by atoms with E-state index >= 15 is 0 Å². The Morgan fingerprint density at radius 1 is 0.667 bits per heavy atom. The lowest BCUT2D eigenvalue weighted by molar-refractivity contribution is -0.0133. The minimum atomic E-state index is -0.613. The van der Waals surface area contributed by atoms with Gasteiger partial charge in [-0.15, -0.1) is 0 Å². The Morgan fingerprint density at radius 2 is 1.31 bits per heavy atom. The van der Waals surface area contributed by atoms with Gasteiger partial charge in [-0.25, -0.2) is 9.59 Å². The molecule has 0 unspecified atom stereocenters. The summed E-state index contributed by atoms with van der Waals surface area (Å²) in [5.74, 6) is 0.118. The van der Waals surface area contributed by atoms with E-state index in [2.05, 4.69) is 0 Å². The van der Waals surface area contributed by atoms with Crippen LogP contribution in [0.5, 0.6) is 17.2 Å². The van der Waals surface area contributed by atoms with Crippen molar-refractivity contribution in [1.82, 2.24) is 0 Å². The Balaban J connectivity index is 1.97. The number of hydrogen-bond acceptors (Lipinski definition) is 8. The Morgan fingerprint density at radius 3 is 1.95 bits per heavy atom. The number of esters is 2. The first kappa shape index (κ1) is 29.7. The summed E-state index contributed by atoms with van der Waals surface area (Å²) < 4.78 is 32.9. The molecular weight excluding hydrogens is 500 g/mol. The van der Waals surface area contributed by atoms with Crippen LogP contribution in [0.2, 0.25) is 0 Å². The highest BCUT2D eigenvalue weighted by Gasteiger charge is 2.28. The van der Waals surface area contributed by atoms with E-state index in [4.69, 9.17) is 28.4 Å². The van der Waals surface area contributed by atoms with E-state index in [0.717, 1.165) is 22.3 Å². The van der Waals surface area contributed by atoms with Crippen LogP contribution in [0.3, 0.4) is 0 Å². The van der Waals surface area contributed by atoms with Gasteiger partial charge >= 0.3 is 11.9 Å². The molecule has 0 aliphatic rings. The van der Waals surface area contributed by atoms with Gasteiger partial charge in [0, 0.05) is 19.8 Å². The van der Waals surface area contributed by atoms with Crippen molar-refractivity contribution in [2.75, 3.05) is 27.8 Å². The number of carbonyl (C=O) groups is 2. The average molecular weight is 537 g/mol. The van der Waals surface area contributed by atoms with Crippen molar-refractivity contribution in [2.24, 2.45) is 0 Å². The van der Waals surface area contributed by atoms with Crippen molar-refractivity contribution in [3.8, 4) is 17.2 Å². The molecule has 0 fully saturated rings. The van der Waals surface area contributed by atoms with Gasteiger partial charge in [-0.3, -0.25) is 0 Å². The standard InChI is InChI=1S/C31H36O8/c1-18-14-25(36-15-24-12-10-9-11-13-24)19(2)20(3)26(18)31(33)39-28-22(5)21(4)27(30(32)38-17-35-8)29(23(28)6)37-16-34-7/h9-14H,15-17H2,1-8H3. The van der Waals surface area contributed by atoms with Crippen LogP contribution in [0, 0.1) is 41.5 Å². The first-order valence-electron chi connectivity index (χ1n) is 12.5. The smallest absolute Gasteiger partial charge is 0.344 e. The number of aryl methyl sites for hydroxylation is 1. The molecule has 0 heterocycles. The molecule has 0 aromatic heterocycles. The summed E-state index contributed by atoms with van der Waals surface area (Å²) in [6.07, 6.45) is 0. The summed E-state index contributed by atoms with van der Waals surface area (Å²) in [5.41, 5.74) is 5.74. The van der Waals surface area contributed by atoms with Crippen LogP contribution in [-0.4, -0.2) is 39.7 Å². The molecule has 0 bridgehead atoms. The summed E-state index contributed by atoms with van der Waals surface area (Å²) in [4.78, 5) is 26.4. The minimum absolute atomic E-state index is 0.108. The predicted molar refractivity (Wildman–Crippen MR) is 147 cm³/mol. The van der Waals surface area contributed by atoms with Gasteiger partial charge in [-0.2, -0.15) is 0 Å². The van der Waals surface area contributed by atoms with Gasteiger partial charge in [-0.1, -0.05) is 30.3 Å². The van der Waals surface area contributed by atoms with Crippen LogP contribution in [0.4, 0.5) is 0 Å². The lowest BCUT2D eigenvalue weighted by atomic mass is 9.96. The van der Waals surface area contributed by atoms with E-state index in [-0.39, 0.29) is 24.9 Å². The number of carbonyl (C=O) groups excluding carboxylic acids is 2. The average Bonchev–Trinajstić information content (AvgIpc) is 2.92. The van der Waals surface area contributed by atoms with E-state index in [1.807, 2.05) is 57.2 Å². The summed E-state index contributed by atoms with van der Waals surface area (Å²) in [5, 5.41) is 0. The highest BCUT2D eigenvalue weighted by molar-refractivity contribution is 5.98. The molecule has 8 heteroatoms. The van der Waals surface area contributed by atoms with Gasteiger partial charge in [0.05, 0.1) is 5.56 Å². The highest BCUT2D eigenvalue weighted by atomic mass is 16.7. The fourth-order valence-electron chi connectivity index (χ4n) is 4.37. The SMILES string of the molecule is COCOC(=O)c1c(C)c(C)c(OC(=O)c2c(C)cc(OCc3ccccc3)c(C)c2C)c(C)c1OCOC. The largest absolute Gasteiger partial charge is 0.489 e. The van der Waals surface area contributed by atoms with Gasteiger partial charge in [0.1, 0.15) is 29.4 Å². The molecule has 0 aliphatic heterocycles. The number of ether oxygens (including phenoxy) is 6. The molecule has 0 amide bonds. The van der Waals surface area contributed by atoms with Crippen LogP contribution in [0.1, 0.15) is 59.7 Å². The molecule has 0 radical (unpaired) electrons. The van der Waals surface area contributed by atoms with Crippen LogP contribution in [0.25, 0.3) is 0 Å². The number of methoxy groups -OCH3 is 2. The number of hydrogen-bond donors (Lipinski definition) is 0. The zero-order chi connectivity index (χ0) is 28.7. The fraction of sp³-hybridized carbons (Fsp3) is 0.355. The Bertz CT molecular complexity index is 1350. The molecule has 39 heavy (non-hydrogen) atoms. The minimum Gasteiger partial charge on any atom is -0.489 e. The van der Waals surface area contributed by atoms with E-state index in [1.54, 1.807) is 20.8 Å². The topological polar surface area (TPSA) is 89.5 Å². The Hall–Kier alpha value is -3.88. The van der Waals surface area contributed by atoms with Gasteiger partial charge in [0.2, 0.25) is 0 Å². The van der Waals surface area contributed by atoms with E-state index in [0.29, 0.717) is 40.4 Å². The molecule has 3 aromatic rings. The van der Waals surface area contributed by atoms with Crippen molar-refractivity contribution in [2.45, 2.75) is 48.1 Å². The van der Waals surface area contributed by atoms with Gasteiger partial charge in [0.15, 0.2) is 13.6 Å². The lowest BCUT2D eigenvalue weighted by Crippen LogP contribution is -2.18. The van der Waals surface area contributed by atoms with Gasteiger partial charge in [-0.05, 0) is 81.0 Å². The van der Waals surface area contributed by atoms with E-state index in [9.17, 15) is 9.59 Å². The second-order valence-corrected chi connectivity index (χ2v) is 9.28. The maximum atomic E-state index is 13.6. The summed E-state index contributed by atoms with van der Waals surface area (Å²) in [7, 11) is 2.90. The van der Waals surface area contributed by atoms with Crippen LogP contribution >= 0.6 is 0 Å². The maximum absolute atomic E-state index is 13.6. The van der Waals surface area contributed by atoms with Crippen LogP contribution in [-0.2, 0) is 20.8 Å². The fourth-order valence-corrected chi connectivity index (χ4v) is 4.37. The van der Waals surface area contributed by atoms with E-state index in [1.165, 1.54) is 14.2 Å². The van der Waals surface area contributed by atoms with Gasteiger partial charge < -0.3 is 28.4 Å². The predicted octanol–water partition coefficient (Wildman–Crippen LogP) is 6.08. The van der Waals surface area contributed by atoms with Crippen LogP contribution in [0.15, 0.2) is 36.4 Å². The molecule has 8 nitrogen and oxygen atoms in total. The van der Waals surface area contributed by atoms with Crippen molar-refractivity contribution < 1.29 is 38.0 Å². The molecule has 208 valence electrons. The van der Waals surface area contributed by atoms with Gasteiger partial charge in [0.25, 0.3) is 0 Å². The van der Waals surface area contributed by atoms with Crippen molar-refractivity contribution in [3.63, 3.8) is 0 Å². The molecular formula is C31H36O8. The summed E-state index contributed by atoms with van der Waals surface area (Å²) >= 11 is 0. The zero-order valence-electron chi connectivity index (χ0n) is 23.9.